The quantitative estimate of drug-likeness (QED) is 0.453. The summed E-state index contributed by atoms with van der Waals surface area (Å²) < 4.78 is 0. The number of anilines is 3. The van der Waals surface area contributed by atoms with E-state index in [1.807, 2.05) is 60.8 Å². The summed E-state index contributed by atoms with van der Waals surface area (Å²) in [7, 11) is 2.15. The van der Waals surface area contributed by atoms with Gasteiger partial charge in [0, 0.05) is 54.8 Å². The van der Waals surface area contributed by atoms with Crippen LogP contribution < -0.4 is 15.5 Å². The van der Waals surface area contributed by atoms with Crippen LogP contribution in [0.25, 0.3) is 21.7 Å². The van der Waals surface area contributed by atoms with Gasteiger partial charge in [-0.05, 0) is 54.2 Å². The van der Waals surface area contributed by atoms with Crippen molar-refractivity contribution in [2.24, 2.45) is 0 Å². The number of aromatic nitrogens is 1. The van der Waals surface area contributed by atoms with E-state index in [1.165, 1.54) is 0 Å². The van der Waals surface area contributed by atoms with Gasteiger partial charge in [-0.2, -0.15) is 0 Å². The van der Waals surface area contributed by atoms with Crippen LogP contribution >= 0.6 is 12.4 Å². The summed E-state index contributed by atoms with van der Waals surface area (Å²) in [5.74, 6) is 0. The number of hydrogen-bond acceptors (Lipinski definition) is 4. The third-order valence-electron chi connectivity index (χ3n) is 5.83. The van der Waals surface area contributed by atoms with Crippen LogP contribution in [0.3, 0.4) is 0 Å². The summed E-state index contributed by atoms with van der Waals surface area (Å²) in [5, 5.41) is 9.18. The van der Waals surface area contributed by atoms with Gasteiger partial charge in [-0.3, -0.25) is 4.98 Å². The Bertz CT molecular complexity index is 1250. The molecular formula is C25H26ClN5O. The average molecular weight is 448 g/mol. The molecule has 4 aromatic rings. The number of piperazine rings is 1. The lowest BCUT2D eigenvalue weighted by atomic mass is 10.1. The second-order valence-corrected chi connectivity index (χ2v) is 7.99. The van der Waals surface area contributed by atoms with Gasteiger partial charge in [0.15, 0.2) is 0 Å². The normalized spacial score (nSPS) is 14.2. The molecule has 2 heterocycles. The molecule has 2 N–H and O–H groups in total. The highest BCUT2D eigenvalue weighted by atomic mass is 35.5. The predicted molar refractivity (Wildman–Crippen MR) is 135 cm³/mol. The van der Waals surface area contributed by atoms with Gasteiger partial charge in [-0.1, -0.05) is 30.3 Å². The Balaban J connectivity index is 0.00000245. The van der Waals surface area contributed by atoms with E-state index >= 15 is 0 Å². The summed E-state index contributed by atoms with van der Waals surface area (Å²) in [4.78, 5) is 21.9. The van der Waals surface area contributed by atoms with Gasteiger partial charge in [-0.15, -0.1) is 12.4 Å². The van der Waals surface area contributed by atoms with Crippen molar-refractivity contribution in [2.75, 3.05) is 48.8 Å². The van der Waals surface area contributed by atoms with Crippen molar-refractivity contribution >= 4 is 57.2 Å². The Kier molecular flexibility index (Phi) is 6.44. The first-order valence-electron chi connectivity index (χ1n) is 10.5. The highest BCUT2D eigenvalue weighted by Crippen LogP contribution is 2.29. The number of urea groups is 1. The standard InChI is InChI=1S/C25H25N5O.ClH/c1-29-12-14-30(15-13-29)24-10-11-26-23-9-8-21(17-22(23)24)28-25(31)27-20-7-6-18-4-2-3-5-19(18)16-20;/h2-11,16-17H,12-15H2,1H3,(H2,27,28,31);1H. The fourth-order valence-electron chi connectivity index (χ4n) is 4.09. The summed E-state index contributed by atoms with van der Waals surface area (Å²) in [5.41, 5.74) is 3.60. The van der Waals surface area contributed by atoms with Crippen molar-refractivity contribution in [1.82, 2.24) is 9.88 Å². The molecule has 0 bridgehead atoms. The molecule has 0 radical (unpaired) electrons. The van der Waals surface area contributed by atoms with Crippen LogP contribution in [0.1, 0.15) is 0 Å². The van der Waals surface area contributed by atoms with Crippen LogP contribution in [0.2, 0.25) is 0 Å². The molecule has 3 aromatic carbocycles. The Morgan fingerprint density at radius 3 is 2.31 bits per heavy atom. The minimum atomic E-state index is -0.264. The maximum atomic E-state index is 12.6. The van der Waals surface area contributed by atoms with Crippen molar-refractivity contribution in [3.05, 3.63) is 72.9 Å². The monoisotopic (exact) mass is 447 g/mol. The first-order chi connectivity index (χ1) is 15.2. The molecule has 1 fully saturated rings. The van der Waals surface area contributed by atoms with Gasteiger partial charge in [-0.25, -0.2) is 4.79 Å². The number of fused-ring (bicyclic) bond motifs is 2. The summed E-state index contributed by atoms with van der Waals surface area (Å²) in [6.07, 6.45) is 1.86. The van der Waals surface area contributed by atoms with E-state index in [-0.39, 0.29) is 18.4 Å². The van der Waals surface area contributed by atoms with E-state index in [0.29, 0.717) is 0 Å². The fourth-order valence-corrected chi connectivity index (χ4v) is 4.09. The fraction of sp³-hybridized carbons (Fsp3) is 0.200. The van der Waals surface area contributed by atoms with Gasteiger partial charge >= 0.3 is 6.03 Å². The van der Waals surface area contributed by atoms with Gasteiger partial charge in [0.25, 0.3) is 0 Å². The van der Waals surface area contributed by atoms with Crippen molar-refractivity contribution in [1.29, 1.82) is 0 Å². The Morgan fingerprint density at radius 2 is 1.53 bits per heavy atom. The molecule has 5 rings (SSSR count). The van der Waals surface area contributed by atoms with E-state index < -0.39 is 0 Å². The molecule has 0 unspecified atom stereocenters. The number of carbonyl (C=O) groups is 1. The second kappa shape index (κ2) is 9.42. The molecule has 1 aliphatic heterocycles. The summed E-state index contributed by atoms with van der Waals surface area (Å²) in [6, 6.07) is 21.7. The van der Waals surface area contributed by atoms with E-state index in [2.05, 4.69) is 44.6 Å². The summed E-state index contributed by atoms with van der Waals surface area (Å²) in [6.45, 7) is 4.04. The van der Waals surface area contributed by atoms with Crippen molar-refractivity contribution in [2.45, 2.75) is 0 Å². The average Bonchev–Trinajstić information content (AvgIpc) is 2.79. The third kappa shape index (κ3) is 4.61. The van der Waals surface area contributed by atoms with E-state index in [9.17, 15) is 4.79 Å². The van der Waals surface area contributed by atoms with Crippen molar-refractivity contribution in [3.8, 4) is 0 Å². The molecule has 2 amide bonds. The highest BCUT2D eigenvalue weighted by molar-refractivity contribution is 6.03. The molecular weight excluding hydrogens is 422 g/mol. The maximum absolute atomic E-state index is 12.6. The number of pyridine rings is 1. The number of nitrogens with one attached hydrogen (secondary N) is 2. The number of hydrogen-bond donors (Lipinski definition) is 2. The van der Waals surface area contributed by atoms with Crippen LogP contribution in [-0.4, -0.2) is 49.1 Å². The Labute approximate surface area is 193 Å². The van der Waals surface area contributed by atoms with Crippen LogP contribution in [0.4, 0.5) is 21.9 Å². The number of amides is 2. The first-order valence-corrected chi connectivity index (χ1v) is 10.5. The number of rotatable bonds is 3. The van der Waals surface area contributed by atoms with Crippen molar-refractivity contribution < 1.29 is 4.79 Å². The van der Waals surface area contributed by atoms with Crippen LogP contribution in [-0.2, 0) is 0 Å². The molecule has 0 saturated carbocycles. The van der Waals surface area contributed by atoms with Gasteiger partial charge in [0.2, 0.25) is 0 Å². The molecule has 7 heteroatoms. The SMILES string of the molecule is CN1CCN(c2ccnc3ccc(NC(=O)Nc4ccc5ccccc5c4)cc23)CC1.Cl. The molecule has 164 valence electrons. The lowest BCUT2D eigenvalue weighted by Gasteiger charge is -2.34. The first kappa shape index (κ1) is 21.9. The van der Waals surface area contributed by atoms with Gasteiger partial charge in [0.1, 0.15) is 0 Å². The maximum Gasteiger partial charge on any atom is 0.323 e. The minimum absolute atomic E-state index is 0. The Morgan fingerprint density at radius 1 is 0.844 bits per heavy atom. The predicted octanol–water partition coefficient (Wildman–Crippen LogP) is 5.21. The topological polar surface area (TPSA) is 60.5 Å². The lowest BCUT2D eigenvalue weighted by molar-refractivity contribution is 0.262. The van der Waals surface area contributed by atoms with Crippen LogP contribution in [0.5, 0.6) is 0 Å². The number of nitrogens with zero attached hydrogens (tertiary/aromatic N) is 3. The zero-order chi connectivity index (χ0) is 21.2. The minimum Gasteiger partial charge on any atom is -0.368 e. The molecule has 0 aliphatic carbocycles. The zero-order valence-corrected chi connectivity index (χ0v) is 18.7. The van der Waals surface area contributed by atoms with Crippen molar-refractivity contribution in [3.63, 3.8) is 0 Å². The smallest absolute Gasteiger partial charge is 0.323 e. The molecule has 1 aliphatic rings. The van der Waals surface area contributed by atoms with Gasteiger partial charge in [0.05, 0.1) is 5.52 Å². The molecule has 32 heavy (non-hydrogen) atoms. The largest absolute Gasteiger partial charge is 0.368 e. The van der Waals surface area contributed by atoms with Gasteiger partial charge < -0.3 is 20.4 Å². The zero-order valence-electron chi connectivity index (χ0n) is 17.9. The van der Waals surface area contributed by atoms with E-state index in [0.717, 1.165) is 64.9 Å². The molecule has 1 saturated heterocycles. The lowest BCUT2D eigenvalue weighted by Crippen LogP contribution is -2.44. The van der Waals surface area contributed by atoms with Crippen LogP contribution in [0, 0.1) is 0 Å². The third-order valence-corrected chi connectivity index (χ3v) is 5.83. The number of halogens is 1. The van der Waals surface area contributed by atoms with E-state index in [4.69, 9.17) is 0 Å². The number of benzene rings is 3. The molecule has 6 nitrogen and oxygen atoms in total. The highest BCUT2D eigenvalue weighted by Gasteiger charge is 2.17. The number of likely N-dealkylation sites (N-methyl/N-ethyl adjacent to an activating group) is 1. The molecule has 0 atom stereocenters. The molecule has 1 aromatic heterocycles. The second-order valence-electron chi connectivity index (χ2n) is 7.99. The van der Waals surface area contributed by atoms with Crippen LogP contribution in [0.15, 0.2) is 72.9 Å². The Hall–Kier alpha value is -3.35. The summed E-state index contributed by atoms with van der Waals surface area (Å²) >= 11 is 0. The molecule has 0 spiro atoms. The van der Waals surface area contributed by atoms with E-state index in [1.54, 1.807) is 0 Å². The number of carbonyl (C=O) groups excluding carboxylic acids is 1.